The lowest BCUT2D eigenvalue weighted by Gasteiger charge is -2.46. The molecule has 0 saturated carbocycles. The molecule has 1 aliphatic rings. The van der Waals surface area contributed by atoms with E-state index in [2.05, 4.69) is 10.3 Å². The van der Waals surface area contributed by atoms with Crippen molar-refractivity contribution in [2.75, 3.05) is 18.5 Å². The van der Waals surface area contributed by atoms with Crippen LogP contribution >= 0.6 is 11.3 Å². The van der Waals surface area contributed by atoms with Gasteiger partial charge in [-0.15, -0.1) is 0 Å². The first kappa shape index (κ1) is 29.7. The average molecular weight is 683 g/mol. The molecule has 9 heteroatoms. The third kappa shape index (κ3) is 10.1. The minimum Gasteiger partial charge on any atom is -0.374 e. The van der Waals surface area contributed by atoms with Crippen LogP contribution in [0, 0.1) is 0 Å². The van der Waals surface area contributed by atoms with Crippen LogP contribution in [-0.2, 0) is 50.0 Å². The van der Waals surface area contributed by atoms with Crippen molar-refractivity contribution in [3.05, 3.63) is 155 Å². The number of ether oxygens (including phenoxy) is 5. The molecule has 1 aliphatic heterocycles. The van der Waals surface area contributed by atoms with Gasteiger partial charge in [0.25, 0.3) is 0 Å². The number of nitrogens with one attached hydrogen (secondary N) is 1. The number of benzene rings is 4. The fraction of sp³-hybridized carbons (Fsp3) is 0.300. The molecule has 0 radical (unpaired) electrons. The molecule has 0 bridgehead atoms. The highest BCUT2D eigenvalue weighted by atomic mass is 32.1. The summed E-state index contributed by atoms with van der Waals surface area (Å²) >= 11 is 1.20. The quantitative estimate of drug-likeness (QED) is 0.101. The number of aromatic nitrogens is 1. The number of nitrogens with zero attached hydrogens (tertiary/aromatic N) is 1. The maximum absolute atomic E-state index is 12.0. The summed E-state index contributed by atoms with van der Waals surface area (Å²) in [5.41, 5.74) is 2.42. The van der Waals surface area contributed by atoms with Crippen molar-refractivity contribution in [2.45, 2.75) is 63.8 Å². The summed E-state index contributed by atoms with van der Waals surface area (Å²) in [5, 5.41) is 3.75. The lowest BCUT2D eigenvalue weighted by atomic mass is 9.93. The fourth-order valence-electron chi connectivity index (χ4n) is 5.32. The number of rotatable bonds is 17. The molecule has 1 N–H and O–H groups in total. The van der Waals surface area contributed by atoms with Gasteiger partial charge in [-0.05, 0) is 22.3 Å². The summed E-state index contributed by atoms with van der Waals surface area (Å²) in [6.45, 7) is -3.13. The number of carbonyl (C=O) groups is 1. The monoisotopic (exact) mass is 682 g/mol. The minimum atomic E-state index is -1.20. The Labute approximate surface area is 297 Å². The molecule has 2 heterocycles. The van der Waals surface area contributed by atoms with E-state index in [9.17, 15) is 4.79 Å². The summed E-state index contributed by atoms with van der Waals surface area (Å²) < 4.78 is 68.5. The zero-order chi connectivity index (χ0) is 37.2. The number of carbonyl (C=O) groups excluding carboxylic acids is 1. The fourth-order valence-corrected chi connectivity index (χ4v) is 6.03. The van der Waals surface area contributed by atoms with E-state index in [1.807, 2.05) is 72.8 Å². The van der Waals surface area contributed by atoms with Gasteiger partial charge in [-0.25, -0.2) is 4.98 Å². The van der Waals surface area contributed by atoms with Crippen molar-refractivity contribution < 1.29 is 34.0 Å². The van der Waals surface area contributed by atoms with Gasteiger partial charge in [-0.3, -0.25) is 4.79 Å². The zero-order valence-electron chi connectivity index (χ0n) is 31.0. The van der Waals surface area contributed by atoms with E-state index in [1.165, 1.54) is 24.5 Å². The Kier molecular flexibility index (Phi) is 10.9. The Bertz CT molecular complexity index is 1850. The maximum Gasteiger partial charge on any atom is 0.183 e. The minimum absolute atomic E-state index is 0.106. The van der Waals surface area contributed by atoms with Crippen LogP contribution in [0.25, 0.3) is 0 Å². The first-order valence-electron chi connectivity index (χ1n) is 18.4. The van der Waals surface area contributed by atoms with E-state index in [1.54, 1.807) is 48.5 Å². The summed E-state index contributed by atoms with van der Waals surface area (Å²) in [5.74, 6) is -0.106. The highest BCUT2D eigenvalue weighted by molar-refractivity contribution is 7.17. The van der Waals surface area contributed by atoms with Crippen molar-refractivity contribution in [1.29, 1.82) is 0 Å². The lowest BCUT2D eigenvalue weighted by Crippen LogP contribution is -2.62. The van der Waals surface area contributed by atoms with Gasteiger partial charge in [-0.2, -0.15) is 0 Å². The number of anilines is 1. The highest BCUT2D eigenvalue weighted by Gasteiger charge is 2.48. The van der Waals surface area contributed by atoms with Gasteiger partial charge in [0.2, 0.25) is 0 Å². The molecule has 1 fully saturated rings. The van der Waals surface area contributed by atoms with Gasteiger partial charge in [0.1, 0.15) is 30.5 Å². The average Bonchev–Trinajstić information content (AvgIpc) is 3.69. The number of hydrogen-bond donors (Lipinski definition) is 1. The molecule has 49 heavy (non-hydrogen) atoms. The normalized spacial score (nSPS) is 24.3. The smallest absolute Gasteiger partial charge is 0.183 e. The molecule has 254 valence electrons. The largest absolute Gasteiger partial charge is 0.374 e. The van der Waals surface area contributed by atoms with Crippen LogP contribution in [0.4, 0.5) is 5.13 Å². The Balaban J connectivity index is 1.38. The van der Waals surface area contributed by atoms with E-state index in [-0.39, 0.29) is 18.9 Å². The molecule has 5 aromatic rings. The van der Waals surface area contributed by atoms with E-state index < -0.39 is 56.9 Å². The van der Waals surface area contributed by atoms with Gasteiger partial charge in [0.15, 0.2) is 10.9 Å². The van der Waals surface area contributed by atoms with Crippen molar-refractivity contribution in [3.63, 3.8) is 0 Å². The lowest BCUT2D eigenvalue weighted by molar-refractivity contribution is -0.269. The molecular formula is C40H42N2O6S. The van der Waals surface area contributed by atoms with Gasteiger partial charge in [0, 0.05) is 13.5 Å². The molecular weight excluding hydrogens is 637 g/mol. The second-order valence-corrected chi connectivity index (χ2v) is 12.5. The maximum atomic E-state index is 12.0. The van der Waals surface area contributed by atoms with Gasteiger partial charge < -0.3 is 29.0 Å². The van der Waals surface area contributed by atoms with Crippen LogP contribution in [0.2, 0.25) is 0 Å². The molecule has 4 aromatic carbocycles. The standard InChI is InChI=1S/C40H42N2O6S/c1-29(43)36-23-42-40(49-36)41-22-34-37(45-25-31-16-8-3-9-17-31)39(47-27-33-20-12-5-13-21-33)38(46-26-32-18-10-4-11-19-32)35(48-34)28-44-24-30-14-6-2-7-15-30/h2-21,23,34-35,37-39H,22,24-28H2,1H3,(H,41,42)/t34?,35-,37-,38-,39-/m1/s1/i24D,25D,26D,27D/t24?,25?,26?,27?,34?,35-,37-,38-,39-. The third-order valence-corrected chi connectivity index (χ3v) is 8.86. The molecule has 0 aliphatic carbocycles. The topological polar surface area (TPSA) is 88.1 Å². The third-order valence-electron chi connectivity index (χ3n) is 7.80. The van der Waals surface area contributed by atoms with Crippen molar-refractivity contribution in [1.82, 2.24) is 4.98 Å². The van der Waals surface area contributed by atoms with Crippen LogP contribution in [0.5, 0.6) is 0 Å². The first-order valence-corrected chi connectivity index (χ1v) is 16.9. The Hall–Kier alpha value is -4.22. The van der Waals surface area contributed by atoms with E-state index in [0.29, 0.717) is 32.3 Å². The predicted octanol–water partition coefficient (Wildman–Crippen LogP) is 7.50. The van der Waals surface area contributed by atoms with Crippen LogP contribution in [0.3, 0.4) is 0 Å². The van der Waals surface area contributed by atoms with E-state index in [4.69, 9.17) is 29.2 Å². The van der Waals surface area contributed by atoms with Crippen LogP contribution < -0.4 is 5.32 Å². The SMILES string of the molecule is [2H]C(OC[C@H]1OC(CNc2ncc(C(C)=O)s2)[C@@H](OC([2H])c2ccccc2)[C@@H](OC([2H])c2ccccc2)[C@@H]1OC([2H])c1ccccc1)c1ccccc1. The second-order valence-electron chi connectivity index (χ2n) is 11.4. The van der Waals surface area contributed by atoms with E-state index in [0.717, 1.165) is 0 Å². The predicted molar refractivity (Wildman–Crippen MR) is 190 cm³/mol. The summed E-state index contributed by atoms with van der Waals surface area (Å²) in [6.07, 6.45) is -3.37. The van der Waals surface area contributed by atoms with Crippen molar-refractivity contribution >= 4 is 22.3 Å². The van der Waals surface area contributed by atoms with Crippen molar-refractivity contribution in [3.8, 4) is 0 Å². The zero-order valence-corrected chi connectivity index (χ0v) is 27.9. The van der Waals surface area contributed by atoms with Crippen molar-refractivity contribution in [2.24, 2.45) is 0 Å². The molecule has 0 spiro atoms. The molecule has 0 amide bonds. The summed E-state index contributed by atoms with van der Waals surface area (Å²) in [4.78, 5) is 16.9. The number of thiazole rings is 1. The molecule has 8 nitrogen and oxygen atoms in total. The number of hydrogen-bond acceptors (Lipinski definition) is 9. The molecule has 5 unspecified atom stereocenters. The summed E-state index contributed by atoms with van der Waals surface area (Å²) in [7, 11) is 0. The molecule has 9 atom stereocenters. The number of ketones is 1. The Morgan fingerprint density at radius 3 is 1.61 bits per heavy atom. The number of Topliss-reactive ketones (excluding diaryl/α,β-unsaturated/α-hetero) is 1. The van der Waals surface area contributed by atoms with Crippen LogP contribution in [0.1, 0.15) is 44.3 Å². The van der Waals surface area contributed by atoms with Gasteiger partial charge >= 0.3 is 0 Å². The molecule has 1 aromatic heterocycles. The molecule has 6 rings (SSSR count). The first-order chi connectivity index (χ1) is 25.8. The Morgan fingerprint density at radius 1 is 0.694 bits per heavy atom. The van der Waals surface area contributed by atoms with Gasteiger partial charge in [0.05, 0.1) is 49.5 Å². The highest BCUT2D eigenvalue weighted by Crippen LogP contribution is 2.32. The van der Waals surface area contributed by atoms with Crippen LogP contribution in [-0.4, -0.2) is 54.4 Å². The van der Waals surface area contributed by atoms with E-state index >= 15 is 0 Å². The molecule has 1 saturated heterocycles. The second kappa shape index (κ2) is 18.0. The Morgan fingerprint density at radius 2 is 1.14 bits per heavy atom. The van der Waals surface area contributed by atoms with Gasteiger partial charge in [-0.1, -0.05) is 133 Å². The summed E-state index contributed by atoms with van der Waals surface area (Å²) in [6, 6.07) is 36.4. The van der Waals surface area contributed by atoms with Crippen LogP contribution in [0.15, 0.2) is 128 Å².